The Morgan fingerprint density at radius 1 is 0.925 bits per heavy atom. The van der Waals surface area contributed by atoms with E-state index in [1.54, 1.807) is 30.5 Å². The number of aliphatic carboxylic acids is 2. The van der Waals surface area contributed by atoms with Crippen molar-refractivity contribution in [3.8, 4) is 0 Å². The van der Waals surface area contributed by atoms with Gasteiger partial charge in [0.05, 0.1) is 19.1 Å². The molecule has 1 aromatic heterocycles. The predicted molar refractivity (Wildman–Crippen MR) is 143 cm³/mol. The monoisotopic (exact) mass is 562 g/mol. The van der Waals surface area contributed by atoms with Crippen LogP contribution in [0.3, 0.4) is 0 Å². The number of aromatic nitrogens is 1. The number of aliphatic hydroxyl groups is 1. The van der Waals surface area contributed by atoms with Gasteiger partial charge in [-0.1, -0.05) is 18.2 Å². The van der Waals surface area contributed by atoms with Crippen molar-refractivity contribution >= 4 is 46.5 Å². The molecule has 4 unspecified atom stereocenters. The highest BCUT2D eigenvalue weighted by molar-refractivity contribution is 5.95. The van der Waals surface area contributed by atoms with Crippen LogP contribution in [0.1, 0.15) is 24.8 Å². The van der Waals surface area contributed by atoms with E-state index in [1.807, 2.05) is 0 Å². The van der Waals surface area contributed by atoms with Crippen LogP contribution in [-0.4, -0.2) is 93.2 Å². The van der Waals surface area contributed by atoms with Crippen LogP contribution in [0.15, 0.2) is 35.5 Å². The van der Waals surface area contributed by atoms with Crippen LogP contribution in [0.4, 0.5) is 0 Å². The van der Waals surface area contributed by atoms with Crippen molar-refractivity contribution in [3.05, 3.63) is 36.0 Å². The minimum Gasteiger partial charge on any atom is -0.481 e. The Hall–Kier alpha value is -4.70. The molecule has 1 aromatic carbocycles. The zero-order valence-corrected chi connectivity index (χ0v) is 21.5. The fourth-order valence-corrected chi connectivity index (χ4v) is 3.79. The number of rotatable bonds is 16. The van der Waals surface area contributed by atoms with Crippen molar-refractivity contribution in [1.82, 2.24) is 20.9 Å². The summed E-state index contributed by atoms with van der Waals surface area (Å²) in [5.41, 5.74) is 17.6. The highest BCUT2D eigenvalue weighted by atomic mass is 16.4. The number of benzene rings is 1. The van der Waals surface area contributed by atoms with Gasteiger partial charge in [0.15, 0.2) is 5.96 Å². The van der Waals surface area contributed by atoms with Crippen LogP contribution < -0.4 is 33.2 Å². The van der Waals surface area contributed by atoms with E-state index in [0.29, 0.717) is 5.56 Å². The SMILES string of the molecule is NC(N)=NCCCC(NC(=O)C(N)CC(=O)O)C(=O)NC(Cc1c[nH]c2ccccc12)C(=O)NC(CO)C(=O)O. The molecular weight excluding hydrogens is 528 g/mol. The number of carbonyl (C=O) groups excluding carboxylic acids is 3. The second-order valence-electron chi connectivity index (χ2n) is 8.92. The van der Waals surface area contributed by atoms with Gasteiger partial charge in [0.25, 0.3) is 0 Å². The highest BCUT2D eigenvalue weighted by Gasteiger charge is 2.31. The third-order valence-electron chi connectivity index (χ3n) is 5.84. The topological polar surface area (TPSA) is 288 Å². The summed E-state index contributed by atoms with van der Waals surface area (Å²) in [4.78, 5) is 68.1. The Balaban J connectivity index is 2.31. The molecule has 2 rings (SSSR count). The lowest BCUT2D eigenvalue weighted by molar-refractivity contribution is -0.143. The van der Waals surface area contributed by atoms with Gasteiger partial charge < -0.3 is 53.5 Å². The number of carbonyl (C=O) groups is 5. The van der Waals surface area contributed by atoms with Crippen LogP contribution >= 0.6 is 0 Å². The fourth-order valence-electron chi connectivity index (χ4n) is 3.79. The number of nitrogens with one attached hydrogen (secondary N) is 4. The Labute approximate surface area is 228 Å². The lowest BCUT2D eigenvalue weighted by Gasteiger charge is -2.25. The predicted octanol–water partition coefficient (Wildman–Crippen LogP) is -2.90. The van der Waals surface area contributed by atoms with E-state index in [2.05, 4.69) is 25.9 Å². The maximum absolute atomic E-state index is 13.3. The molecule has 40 heavy (non-hydrogen) atoms. The van der Waals surface area contributed by atoms with Gasteiger partial charge in [0.2, 0.25) is 17.7 Å². The number of guanidine groups is 1. The minimum atomic E-state index is -1.63. The summed E-state index contributed by atoms with van der Waals surface area (Å²) in [5.74, 6) is -5.60. The van der Waals surface area contributed by atoms with Gasteiger partial charge in [-0.25, -0.2) is 4.79 Å². The summed E-state index contributed by atoms with van der Waals surface area (Å²) < 4.78 is 0. The number of aromatic amines is 1. The number of nitrogens with zero attached hydrogens (tertiary/aromatic N) is 1. The van der Waals surface area contributed by atoms with Crippen LogP contribution in [-0.2, 0) is 30.4 Å². The number of carboxylic acid groups (broad SMARTS) is 2. The molecule has 4 atom stereocenters. The first-order valence-electron chi connectivity index (χ1n) is 12.3. The average molecular weight is 563 g/mol. The van der Waals surface area contributed by atoms with Gasteiger partial charge in [-0.3, -0.25) is 24.2 Å². The lowest BCUT2D eigenvalue weighted by atomic mass is 10.0. The molecule has 3 amide bonds. The summed E-state index contributed by atoms with van der Waals surface area (Å²) in [5, 5.41) is 35.4. The Kier molecular flexibility index (Phi) is 11.8. The van der Waals surface area contributed by atoms with E-state index in [0.717, 1.165) is 10.9 Å². The van der Waals surface area contributed by atoms with Crippen LogP contribution in [0, 0.1) is 0 Å². The van der Waals surface area contributed by atoms with E-state index in [1.165, 1.54) is 0 Å². The molecule has 0 bridgehead atoms. The second kappa shape index (κ2) is 15.0. The van der Waals surface area contributed by atoms with E-state index < -0.39 is 66.9 Å². The number of aliphatic imine (C=N–C) groups is 1. The summed E-state index contributed by atoms with van der Waals surface area (Å²) >= 11 is 0. The van der Waals surface area contributed by atoms with E-state index in [-0.39, 0.29) is 31.8 Å². The number of aliphatic hydroxyl groups excluding tert-OH is 1. The van der Waals surface area contributed by atoms with Gasteiger partial charge in [0, 0.05) is 30.1 Å². The number of para-hydroxylation sites is 1. The van der Waals surface area contributed by atoms with Crippen LogP contribution in [0.5, 0.6) is 0 Å². The molecule has 218 valence electrons. The molecule has 0 aliphatic rings. The summed E-state index contributed by atoms with van der Waals surface area (Å²) in [6.45, 7) is -0.779. The number of hydrogen-bond donors (Lipinski definition) is 10. The number of carboxylic acids is 2. The van der Waals surface area contributed by atoms with Gasteiger partial charge in [-0.05, 0) is 24.5 Å². The molecule has 2 aromatic rings. The molecule has 0 spiro atoms. The number of amides is 3. The largest absolute Gasteiger partial charge is 0.481 e. The summed E-state index contributed by atoms with van der Waals surface area (Å²) in [6.07, 6.45) is 1.08. The molecule has 1 heterocycles. The van der Waals surface area contributed by atoms with Gasteiger partial charge >= 0.3 is 11.9 Å². The van der Waals surface area contributed by atoms with Crippen molar-refractivity contribution < 1.29 is 39.3 Å². The Morgan fingerprint density at radius 3 is 2.17 bits per heavy atom. The number of H-pyrrole nitrogens is 1. The molecule has 0 saturated carbocycles. The number of hydrogen-bond acceptors (Lipinski definition) is 8. The zero-order valence-electron chi connectivity index (χ0n) is 21.5. The number of fused-ring (bicyclic) bond motifs is 1. The van der Waals surface area contributed by atoms with Gasteiger partial charge in [-0.15, -0.1) is 0 Å². The zero-order chi connectivity index (χ0) is 29.8. The third kappa shape index (κ3) is 9.55. The fraction of sp³-hybridized carbons (Fsp3) is 0.417. The molecule has 13 N–H and O–H groups in total. The third-order valence-corrected chi connectivity index (χ3v) is 5.84. The van der Waals surface area contributed by atoms with E-state index in [9.17, 15) is 34.2 Å². The molecule has 0 fully saturated rings. The van der Waals surface area contributed by atoms with E-state index >= 15 is 0 Å². The summed E-state index contributed by atoms with van der Waals surface area (Å²) in [6, 6.07) is 1.51. The maximum Gasteiger partial charge on any atom is 0.328 e. The standard InChI is InChI=1S/C24H34N8O8/c25-14(9-19(34)35)20(36)30-16(6-3-7-28-24(26)27)21(37)31-17(22(38)32-18(11-33)23(39)40)8-12-10-29-15-5-2-1-4-13(12)15/h1-2,4-5,10,14,16-18,29,33H,3,6-9,11,25H2,(H,30,36)(H,31,37)(H,32,38)(H,34,35)(H,39,40)(H4,26,27,28). The normalized spacial score (nSPS) is 13.8. The molecule has 0 aliphatic carbocycles. The molecular formula is C24H34N8O8. The van der Waals surface area contributed by atoms with Crippen molar-refractivity contribution in [2.45, 2.75) is 49.9 Å². The quantitative estimate of drug-likeness (QED) is 0.0562. The molecule has 0 radical (unpaired) electrons. The first kappa shape index (κ1) is 31.5. The van der Waals surface area contributed by atoms with Crippen molar-refractivity contribution in [2.75, 3.05) is 13.2 Å². The van der Waals surface area contributed by atoms with Gasteiger partial charge in [-0.2, -0.15) is 0 Å². The smallest absolute Gasteiger partial charge is 0.328 e. The van der Waals surface area contributed by atoms with Crippen molar-refractivity contribution in [2.24, 2.45) is 22.2 Å². The Morgan fingerprint density at radius 2 is 1.55 bits per heavy atom. The average Bonchev–Trinajstić information content (AvgIpc) is 3.30. The van der Waals surface area contributed by atoms with Crippen LogP contribution in [0.2, 0.25) is 0 Å². The molecule has 16 nitrogen and oxygen atoms in total. The van der Waals surface area contributed by atoms with Crippen LogP contribution in [0.25, 0.3) is 10.9 Å². The number of nitrogens with two attached hydrogens (primary N) is 3. The molecule has 0 aliphatic heterocycles. The van der Waals surface area contributed by atoms with Gasteiger partial charge in [0.1, 0.15) is 18.1 Å². The molecule has 0 saturated heterocycles. The van der Waals surface area contributed by atoms with Crippen molar-refractivity contribution in [3.63, 3.8) is 0 Å². The van der Waals surface area contributed by atoms with Crippen molar-refractivity contribution in [1.29, 1.82) is 0 Å². The first-order chi connectivity index (χ1) is 18.9. The first-order valence-corrected chi connectivity index (χ1v) is 12.3. The highest BCUT2D eigenvalue weighted by Crippen LogP contribution is 2.19. The second-order valence-corrected chi connectivity index (χ2v) is 8.92. The lowest BCUT2D eigenvalue weighted by Crippen LogP contribution is -2.58. The Bertz CT molecular complexity index is 1240. The summed E-state index contributed by atoms with van der Waals surface area (Å²) in [7, 11) is 0. The molecule has 16 heteroatoms. The maximum atomic E-state index is 13.3. The van der Waals surface area contributed by atoms with E-state index in [4.69, 9.17) is 22.3 Å². The minimum absolute atomic E-state index is 0.00996.